The van der Waals surface area contributed by atoms with Crippen LogP contribution in [0.15, 0.2) is 0 Å². The monoisotopic (exact) mass is 182 g/mol. The highest BCUT2D eigenvalue weighted by Crippen LogP contribution is 2.32. The summed E-state index contributed by atoms with van der Waals surface area (Å²) in [6, 6.07) is 0. The van der Waals surface area contributed by atoms with Gasteiger partial charge in [-0.05, 0) is 30.6 Å². The number of carbonyl (C=O) groups is 1. The van der Waals surface area contributed by atoms with Crippen molar-refractivity contribution in [1.82, 2.24) is 0 Å². The second-order valence-electron chi connectivity index (χ2n) is 4.80. The topological polar surface area (TPSA) is 17.1 Å². The Kier molecular flexibility index (Phi) is 3.95. The van der Waals surface area contributed by atoms with Crippen LogP contribution in [0.25, 0.3) is 0 Å². The highest BCUT2D eigenvalue weighted by Gasteiger charge is 2.25. The molecule has 1 rings (SSSR count). The standard InChI is InChI=1S/C12H22O/c1-4-11(9(2)3)7-10-5-6-12(13)8-10/h9-11H,4-8H2,1-3H3. The van der Waals surface area contributed by atoms with Crippen LogP contribution in [-0.4, -0.2) is 5.78 Å². The molecule has 0 bridgehead atoms. The average molecular weight is 182 g/mol. The van der Waals surface area contributed by atoms with Crippen molar-refractivity contribution in [3.63, 3.8) is 0 Å². The number of rotatable bonds is 4. The molecule has 0 aromatic rings. The normalized spacial score (nSPS) is 25.5. The third-order valence-corrected chi connectivity index (χ3v) is 3.45. The smallest absolute Gasteiger partial charge is 0.133 e. The Hall–Kier alpha value is -0.330. The highest BCUT2D eigenvalue weighted by molar-refractivity contribution is 5.80. The molecule has 0 heterocycles. The molecule has 0 aromatic heterocycles. The van der Waals surface area contributed by atoms with Crippen LogP contribution in [0.2, 0.25) is 0 Å². The fourth-order valence-electron chi connectivity index (χ4n) is 2.43. The van der Waals surface area contributed by atoms with E-state index < -0.39 is 0 Å². The van der Waals surface area contributed by atoms with Gasteiger partial charge in [-0.2, -0.15) is 0 Å². The quantitative estimate of drug-likeness (QED) is 0.651. The first-order valence-electron chi connectivity index (χ1n) is 5.65. The molecule has 1 aliphatic rings. The molecule has 0 aromatic carbocycles. The molecule has 1 aliphatic carbocycles. The lowest BCUT2D eigenvalue weighted by atomic mass is 9.84. The predicted octanol–water partition coefficient (Wildman–Crippen LogP) is 3.43. The summed E-state index contributed by atoms with van der Waals surface area (Å²) < 4.78 is 0. The van der Waals surface area contributed by atoms with Crippen molar-refractivity contribution in [3.8, 4) is 0 Å². The lowest BCUT2D eigenvalue weighted by Crippen LogP contribution is -2.12. The van der Waals surface area contributed by atoms with Crippen LogP contribution in [-0.2, 0) is 4.79 Å². The van der Waals surface area contributed by atoms with Crippen molar-refractivity contribution in [2.45, 2.75) is 52.9 Å². The fourth-order valence-corrected chi connectivity index (χ4v) is 2.43. The Labute approximate surface area is 81.9 Å². The first kappa shape index (κ1) is 10.7. The minimum atomic E-state index is 0.489. The van der Waals surface area contributed by atoms with Gasteiger partial charge in [0.25, 0.3) is 0 Å². The predicted molar refractivity (Wildman–Crippen MR) is 55.6 cm³/mol. The zero-order chi connectivity index (χ0) is 9.84. The van der Waals surface area contributed by atoms with Gasteiger partial charge in [0.15, 0.2) is 0 Å². The van der Waals surface area contributed by atoms with Gasteiger partial charge in [0.05, 0.1) is 0 Å². The summed E-state index contributed by atoms with van der Waals surface area (Å²) in [5, 5.41) is 0. The van der Waals surface area contributed by atoms with Crippen molar-refractivity contribution in [3.05, 3.63) is 0 Å². The van der Waals surface area contributed by atoms with E-state index in [0.717, 1.165) is 31.1 Å². The lowest BCUT2D eigenvalue weighted by molar-refractivity contribution is -0.117. The molecular formula is C12H22O. The largest absolute Gasteiger partial charge is 0.300 e. The van der Waals surface area contributed by atoms with Gasteiger partial charge in [0.2, 0.25) is 0 Å². The lowest BCUT2D eigenvalue weighted by Gasteiger charge is -2.21. The molecule has 2 atom stereocenters. The van der Waals surface area contributed by atoms with E-state index in [9.17, 15) is 4.79 Å². The Morgan fingerprint density at radius 2 is 2.15 bits per heavy atom. The van der Waals surface area contributed by atoms with Crippen LogP contribution in [0.5, 0.6) is 0 Å². The van der Waals surface area contributed by atoms with Crippen LogP contribution in [0, 0.1) is 17.8 Å². The first-order valence-corrected chi connectivity index (χ1v) is 5.65. The molecule has 0 N–H and O–H groups in total. The van der Waals surface area contributed by atoms with Crippen LogP contribution >= 0.6 is 0 Å². The van der Waals surface area contributed by atoms with Gasteiger partial charge in [0, 0.05) is 12.8 Å². The van der Waals surface area contributed by atoms with Crippen LogP contribution in [0.4, 0.5) is 0 Å². The molecular weight excluding hydrogens is 160 g/mol. The fraction of sp³-hybridized carbons (Fsp3) is 0.917. The van der Waals surface area contributed by atoms with Gasteiger partial charge in [-0.1, -0.05) is 27.2 Å². The molecule has 1 heteroatoms. The van der Waals surface area contributed by atoms with Crippen LogP contribution < -0.4 is 0 Å². The summed E-state index contributed by atoms with van der Waals surface area (Å²) in [6.07, 6.45) is 5.41. The highest BCUT2D eigenvalue weighted by atomic mass is 16.1. The Morgan fingerprint density at radius 1 is 1.46 bits per heavy atom. The first-order chi connectivity index (χ1) is 6.13. The van der Waals surface area contributed by atoms with E-state index in [-0.39, 0.29) is 0 Å². The van der Waals surface area contributed by atoms with Crippen LogP contribution in [0.3, 0.4) is 0 Å². The molecule has 1 saturated carbocycles. The minimum Gasteiger partial charge on any atom is -0.300 e. The van der Waals surface area contributed by atoms with E-state index in [0.29, 0.717) is 11.7 Å². The van der Waals surface area contributed by atoms with Crippen molar-refractivity contribution < 1.29 is 4.79 Å². The Bertz CT molecular complexity index is 172. The molecule has 0 spiro atoms. The third kappa shape index (κ3) is 3.13. The van der Waals surface area contributed by atoms with Crippen molar-refractivity contribution in [2.75, 3.05) is 0 Å². The van der Waals surface area contributed by atoms with Gasteiger partial charge in [-0.25, -0.2) is 0 Å². The van der Waals surface area contributed by atoms with E-state index in [1.54, 1.807) is 0 Å². The number of hydrogen-bond acceptors (Lipinski definition) is 1. The van der Waals surface area contributed by atoms with E-state index in [1.807, 2.05) is 0 Å². The molecule has 2 unspecified atom stereocenters. The van der Waals surface area contributed by atoms with Crippen molar-refractivity contribution in [1.29, 1.82) is 0 Å². The van der Waals surface area contributed by atoms with E-state index in [1.165, 1.54) is 12.8 Å². The summed E-state index contributed by atoms with van der Waals surface area (Å²) in [7, 11) is 0. The average Bonchev–Trinajstić information content (AvgIpc) is 2.46. The maximum Gasteiger partial charge on any atom is 0.133 e. The Morgan fingerprint density at radius 3 is 2.54 bits per heavy atom. The van der Waals surface area contributed by atoms with E-state index in [4.69, 9.17) is 0 Å². The molecule has 0 aliphatic heterocycles. The summed E-state index contributed by atoms with van der Waals surface area (Å²) in [5.41, 5.74) is 0. The molecule has 0 radical (unpaired) electrons. The second kappa shape index (κ2) is 4.78. The molecule has 76 valence electrons. The maximum absolute atomic E-state index is 11.1. The van der Waals surface area contributed by atoms with Gasteiger partial charge in [-0.15, -0.1) is 0 Å². The van der Waals surface area contributed by atoms with Gasteiger partial charge in [0.1, 0.15) is 5.78 Å². The maximum atomic E-state index is 11.1. The van der Waals surface area contributed by atoms with E-state index >= 15 is 0 Å². The number of carbonyl (C=O) groups excluding carboxylic acids is 1. The zero-order valence-electron chi connectivity index (χ0n) is 9.18. The van der Waals surface area contributed by atoms with E-state index in [2.05, 4.69) is 20.8 Å². The summed E-state index contributed by atoms with van der Waals surface area (Å²) in [5.74, 6) is 2.81. The molecule has 0 amide bonds. The number of Topliss-reactive ketones (excluding diaryl/α,β-unsaturated/α-hetero) is 1. The SMILES string of the molecule is CCC(CC1CCC(=O)C1)C(C)C. The van der Waals surface area contributed by atoms with Crippen molar-refractivity contribution >= 4 is 5.78 Å². The summed E-state index contributed by atoms with van der Waals surface area (Å²) in [6.45, 7) is 6.86. The van der Waals surface area contributed by atoms with Gasteiger partial charge in [-0.3, -0.25) is 4.79 Å². The van der Waals surface area contributed by atoms with Crippen LogP contribution in [0.1, 0.15) is 52.9 Å². The second-order valence-corrected chi connectivity index (χ2v) is 4.80. The zero-order valence-corrected chi connectivity index (χ0v) is 9.18. The van der Waals surface area contributed by atoms with Crippen molar-refractivity contribution in [2.24, 2.45) is 17.8 Å². The molecule has 1 nitrogen and oxygen atoms in total. The molecule has 0 saturated heterocycles. The minimum absolute atomic E-state index is 0.489. The number of ketones is 1. The number of hydrogen-bond donors (Lipinski definition) is 0. The Balaban J connectivity index is 2.34. The molecule has 1 fully saturated rings. The van der Waals surface area contributed by atoms with Gasteiger partial charge < -0.3 is 0 Å². The molecule has 13 heavy (non-hydrogen) atoms. The summed E-state index contributed by atoms with van der Waals surface area (Å²) >= 11 is 0. The third-order valence-electron chi connectivity index (χ3n) is 3.45. The summed E-state index contributed by atoms with van der Waals surface area (Å²) in [4.78, 5) is 11.1. The van der Waals surface area contributed by atoms with Gasteiger partial charge >= 0.3 is 0 Å².